The molecule has 0 saturated heterocycles. The predicted molar refractivity (Wildman–Crippen MR) is 86.2 cm³/mol. The lowest BCUT2D eigenvalue weighted by molar-refractivity contribution is 0.472. The summed E-state index contributed by atoms with van der Waals surface area (Å²) in [5.74, 6) is 1.48. The SMILES string of the molecule is Cc1nc(C)c(CCNS(=O)(=O)CCCc2ccccc2)o1. The van der Waals surface area contributed by atoms with Crippen molar-refractivity contribution in [3.8, 4) is 0 Å². The van der Waals surface area contributed by atoms with E-state index in [1.54, 1.807) is 6.92 Å². The first kappa shape index (κ1) is 16.7. The molecule has 0 radical (unpaired) electrons. The monoisotopic (exact) mass is 322 g/mol. The molecule has 120 valence electrons. The fraction of sp³-hybridized carbons (Fsp3) is 0.438. The molecule has 1 heterocycles. The van der Waals surface area contributed by atoms with Crippen molar-refractivity contribution in [3.63, 3.8) is 0 Å². The van der Waals surface area contributed by atoms with Gasteiger partial charge in [-0.05, 0) is 25.3 Å². The van der Waals surface area contributed by atoms with Gasteiger partial charge < -0.3 is 4.42 Å². The zero-order valence-electron chi connectivity index (χ0n) is 13.0. The Balaban J connectivity index is 1.73. The van der Waals surface area contributed by atoms with Gasteiger partial charge in [0, 0.05) is 19.9 Å². The lowest BCUT2D eigenvalue weighted by atomic mass is 10.1. The Morgan fingerprint density at radius 3 is 2.50 bits per heavy atom. The van der Waals surface area contributed by atoms with Crippen LogP contribution in [0, 0.1) is 13.8 Å². The molecule has 0 atom stereocenters. The minimum atomic E-state index is -3.24. The van der Waals surface area contributed by atoms with Crippen molar-refractivity contribution in [1.29, 1.82) is 0 Å². The largest absolute Gasteiger partial charge is 0.446 e. The standard InChI is InChI=1S/C16H22N2O3S/c1-13-16(21-14(2)18-13)10-11-17-22(19,20)12-6-9-15-7-4-3-5-8-15/h3-5,7-8,17H,6,9-12H2,1-2H3. The van der Waals surface area contributed by atoms with Crippen molar-refractivity contribution >= 4 is 10.0 Å². The molecule has 5 nitrogen and oxygen atoms in total. The van der Waals surface area contributed by atoms with Crippen LogP contribution in [0.25, 0.3) is 0 Å². The van der Waals surface area contributed by atoms with Gasteiger partial charge in [-0.25, -0.2) is 18.1 Å². The summed E-state index contributed by atoms with van der Waals surface area (Å²) >= 11 is 0. The Morgan fingerprint density at radius 1 is 1.14 bits per heavy atom. The van der Waals surface area contributed by atoms with Crippen molar-refractivity contribution in [3.05, 3.63) is 53.2 Å². The van der Waals surface area contributed by atoms with Crippen LogP contribution in [0.15, 0.2) is 34.7 Å². The van der Waals surface area contributed by atoms with Crippen molar-refractivity contribution in [1.82, 2.24) is 9.71 Å². The highest BCUT2D eigenvalue weighted by Crippen LogP contribution is 2.09. The normalized spacial score (nSPS) is 11.7. The van der Waals surface area contributed by atoms with Gasteiger partial charge >= 0.3 is 0 Å². The Hall–Kier alpha value is -1.66. The number of aromatic nitrogens is 1. The quantitative estimate of drug-likeness (QED) is 0.810. The Bertz CT molecular complexity index is 693. The maximum Gasteiger partial charge on any atom is 0.211 e. The summed E-state index contributed by atoms with van der Waals surface area (Å²) in [6, 6.07) is 9.90. The predicted octanol–water partition coefficient (Wildman–Crippen LogP) is 2.39. The average Bonchev–Trinajstić information content (AvgIpc) is 2.78. The number of nitrogens with one attached hydrogen (secondary N) is 1. The molecule has 2 rings (SSSR count). The van der Waals surface area contributed by atoms with Gasteiger partial charge in [0.1, 0.15) is 5.76 Å². The van der Waals surface area contributed by atoms with Crippen LogP contribution in [0.2, 0.25) is 0 Å². The smallest absolute Gasteiger partial charge is 0.211 e. The van der Waals surface area contributed by atoms with E-state index < -0.39 is 10.0 Å². The summed E-state index contributed by atoms with van der Waals surface area (Å²) in [6.45, 7) is 3.98. The fourth-order valence-corrected chi connectivity index (χ4v) is 3.39. The van der Waals surface area contributed by atoms with E-state index in [-0.39, 0.29) is 5.75 Å². The van der Waals surface area contributed by atoms with Gasteiger partial charge in [0.15, 0.2) is 5.89 Å². The van der Waals surface area contributed by atoms with E-state index in [0.717, 1.165) is 23.4 Å². The van der Waals surface area contributed by atoms with Crippen LogP contribution in [0.3, 0.4) is 0 Å². The molecule has 1 N–H and O–H groups in total. The molecule has 0 aliphatic rings. The van der Waals surface area contributed by atoms with Gasteiger partial charge in [-0.3, -0.25) is 0 Å². The molecule has 0 amide bonds. The highest BCUT2D eigenvalue weighted by molar-refractivity contribution is 7.89. The second kappa shape index (κ2) is 7.56. The average molecular weight is 322 g/mol. The summed E-state index contributed by atoms with van der Waals surface area (Å²) in [7, 11) is -3.24. The first-order valence-electron chi connectivity index (χ1n) is 7.40. The van der Waals surface area contributed by atoms with E-state index in [1.165, 1.54) is 0 Å². The van der Waals surface area contributed by atoms with Crippen LogP contribution in [0.5, 0.6) is 0 Å². The van der Waals surface area contributed by atoms with Crippen LogP contribution < -0.4 is 4.72 Å². The number of sulfonamides is 1. The van der Waals surface area contributed by atoms with Crippen molar-refractivity contribution in [2.45, 2.75) is 33.1 Å². The van der Waals surface area contributed by atoms with E-state index in [9.17, 15) is 8.42 Å². The number of oxazole rings is 1. The molecule has 0 fully saturated rings. The molecule has 22 heavy (non-hydrogen) atoms. The van der Waals surface area contributed by atoms with Crippen molar-refractivity contribution in [2.24, 2.45) is 0 Å². The van der Waals surface area contributed by atoms with Crippen LogP contribution in [0.1, 0.15) is 29.3 Å². The number of rotatable bonds is 8. The lowest BCUT2D eigenvalue weighted by Crippen LogP contribution is -2.28. The number of hydrogen-bond donors (Lipinski definition) is 1. The number of nitrogens with zero attached hydrogens (tertiary/aromatic N) is 1. The van der Waals surface area contributed by atoms with Gasteiger partial charge in [-0.2, -0.15) is 0 Å². The van der Waals surface area contributed by atoms with Gasteiger partial charge in [0.25, 0.3) is 0 Å². The topological polar surface area (TPSA) is 72.2 Å². The third kappa shape index (κ3) is 5.27. The lowest BCUT2D eigenvalue weighted by Gasteiger charge is -2.06. The molecule has 0 saturated carbocycles. The molecule has 0 unspecified atom stereocenters. The molecule has 1 aromatic heterocycles. The summed E-state index contributed by atoms with van der Waals surface area (Å²) in [5.41, 5.74) is 1.98. The molecule has 2 aromatic rings. The Kier molecular flexibility index (Phi) is 5.74. The molecule has 1 aromatic carbocycles. The van der Waals surface area contributed by atoms with Gasteiger partial charge in [-0.15, -0.1) is 0 Å². The highest BCUT2D eigenvalue weighted by Gasteiger charge is 2.11. The van der Waals surface area contributed by atoms with Crippen LogP contribution in [-0.4, -0.2) is 25.7 Å². The zero-order valence-corrected chi connectivity index (χ0v) is 13.8. The fourth-order valence-electron chi connectivity index (χ4n) is 2.31. The molecular formula is C16H22N2O3S. The van der Waals surface area contributed by atoms with Crippen molar-refractivity contribution < 1.29 is 12.8 Å². The van der Waals surface area contributed by atoms with Crippen LogP contribution >= 0.6 is 0 Å². The summed E-state index contributed by atoms with van der Waals surface area (Å²) in [4.78, 5) is 4.17. The number of benzene rings is 1. The Labute approximate surface area is 131 Å². The van der Waals surface area contributed by atoms with E-state index in [2.05, 4.69) is 9.71 Å². The first-order valence-corrected chi connectivity index (χ1v) is 9.06. The molecule has 0 aliphatic carbocycles. The van der Waals surface area contributed by atoms with Crippen LogP contribution in [-0.2, 0) is 22.9 Å². The highest BCUT2D eigenvalue weighted by atomic mass is 32.2. The first-order chi connectivity index (χ1) is 10.5. The van der Waals surface area contributed by atoms with E-state index in [4.69, 9.17) is 4.42 Å². The van der Waals surface area contributed by atoms with E-state index >= 15 is 0 Å². The molecule has 0 spiro atoms. The van der Waals surface area contributed by atoms with Gasteiger partial charge in [-0.1, -0.05) is 30.3 Å². The third-order valence-corrected chi connectivity index (χ3v) is 4.87. The number of hydrogen-bond acceptors (Lipinski definition) is 4. The summed E-state index contributed by atoms with van der Waals surface area (Å²) in [6.07, 6.45) is 1.90. The molecule has 6 heteroatoms. The summed E-state index contributed by atoms with van der Waals surface area (Å²) < 4.78 is 31.9. The third-order valence-electron chi connectivity index (χ3n) is 3.39. The van der Waals surface area contributed by atoms with Crippen molar-refractivity contribution in [2.75, 3.05) is 12.3 Å². The van der Waals surface area contributed by atoms with E-state index in [0.29, 0.717) is 25.3 Å². The second-order valence-corrected chi connectivity index (χ2v) is 7.22. The van der Waals surface area contributed by atoms with Crippen LogP contribution in [0.4, 0.5) is 0 Å². The zero-order chi connectivity index (χ0) is 16.0. The Morgan fingerprint density at radius 2 is 1.86 bits per heavy atom. The second-order valence-electron chi connectivity index (χ2n) is 5.29. The minimum absolute atomic E-state index is 0.135. The molecular weight excluding hydrogens is 300 g/mol. The minimum Gasteiger partial charge on any atom is -0.446 e. The number of aryl methyl sites for hydroxylation is 3. The maximum atomic E-state index is 11.9. The maximum absolute atomic E-state index is 11.9. The molecule has 0 bridgehead atoms. The van der Waals surface area contributed by atoms with Gasteiger partial charge in [0.2, 0.25) is 10.0 Å². The van der Waals surface area contributed by atoms with Gasteiger partial charge in [0.05, 0.1) is 11.4 Å². The molecule has 0 aliphatic heterocycles. The summed E-state index contributed by atoms with van der Waals surface area (Å²) in [5, 5.41) is 0. The van der Waals surface area contributed by atoms with E-state index in [1.807, 2.05) is 37.3 Å².